The van der Waals surface area contributed by atoms with Crippen molar-refractivity contribution in [3.05, 3.63) is 30.3 Å². The van der Waals surface area contributed by atoms with E-state index in [4.69, 9.17) is 4.74 Å². The zero-order valence-corrected chi connectivity index (χ0v) is 10.8. The number of carbonyl (C=O) groups excluding carboxylic acids is 1. The minimum absolute atomic E-state index is 0.177. The van der Waals surface area contributed by atoms with Gasteiger partial charge < -0.3 is 15.0 Å². The Morgan fingerprint density at radius 2 is 2.00 bits per heavy atom. The number of nitrogens with zero attached hydrogens (tertiary/aromatic N) is 1. The van der Waals surface area contributed by atoms with Crippen molar-refractivity contribution in [1.29, 1.82) is 0 Å². The largest absolute Gasteiger partial charge is 0.490 e. The van der Waals surface area contributed by atoms with Crippen LogP contribution >= 0.6 is 0 Å². The highest BCUT2D eigenvalue weighted by Gasteiger charge is 2.23. The summed E-state index contributed by atoms with van der Waals surface area (Å²) in [5, 5.41) is 2.89. The summed E-state index contributed by atoms with van der Waals surface area (Å²) in [5.74, 6) is 1.09. The summed E-state index contributed by atoms with van der Waals surface area (Å²) in [6, 6.07) is 9.87. The second-order valence-electron chi connectivity index (χ2n) is 4.54. The Bertz CT molecular complexity index is 373. The highest BCUT2D eigenvalue weighted by Crippen LogP contribution is 2.18. The number of amides is 1. The predicted molar refractivity (Wildman–Crippen MR) is 70.6 cm³/mol. The predicted octanol–water partition coefficient (Wildman–Crippen LogP) is 1.28. The third-order valence-corrected chi connectivity index (χ3v) is 3.17. The van der Waals surface area contributed by atoms with Gasteiger partial charge >= 0.3 is 0 Å². The van der Waals surface area contributed by atoms with Gasteiger partial charge in [0, 0.05) is 25.9 Å². The molecule has 0 saturated carbocycles. The third kappa shape index (κ3) is 3.47. The van der Waals surface area contributed by atoms with Gasteiger partial charge in [-0.05, 0) is 19.2 Å². The number of para-hydroxylation sites is 1. The van der Waals surface area contributed by atoms with Crippen LogP contribution in [0.25, 0.3) is 0 Å². The van der Waals surface area contributed by atoms with E-state index in [1.807, 2.05) is 35.2 Å². The van der Waals surface area contributed by atoms with Crippen LogP contribution in [-0.4, -0.2) is 43.6 Å². The van der Waals surface area contributed by atoms with Gasteiger partial charge in [0.05, 0.1) is 6.54 Å². The van der Waals surface area contributed by atoms with E-state index in [9.17, 15) is 4.79 Å². The monoisotopic (exact) mass is 248 g/mol. The molecule has 18 heavy (non-hydrogen) atoms. The van der Waals surface area contributed by atoms with Crippen LogP contribution in [0.1, 0.15) is 12.8 Å². The molecule has 4 heteroatoms. The fraction of sp³-hybridized carbons (Fsp3) is 0.500. The summed E-state index contributed by atoms with van der Waals surface area (Å²) in [6.07, 6.45) is 2.04. The first-order chi connectivity index (χ1) is 8.79. The first kappa shape index (κ1) is 12.9. The second-order valence-corrected chi connectivity index (χ2v) is 4.54. The molecular weight excluding hydrogens is 228 g/mol. The second kappa shape index (κ2) is 6.40. The molecule has 0 aromatic heterocycles. The maximum Gasteiger partial charge on any atom is 0.236 e. The standard InChI is InChI=1S/C14H20N2O2/c1-15-11-14(17)16-9-7-13(8-10-16)18-12-5-3-2-4-6-12/h2-6,13,15H,7-11H2,1H3. The average Bonchev–Trinajstić information content (AvgIpc) is 2.41. The lowest BCUT2D eigenvalue weighted by atomic mass is 10.1. The quantitative estimate of drug-likeness (QED) is 0.872. The van der Waals surface area contributed by atoms with Gasteiger partial charge in [-0.3, -0.25) is 4.79 Å². The third-order valence-electron chi connectivity index (χ3n) is 3.17. The van der Waals surface area contributed by atoms with Gasteiger partial charge in [-0.2, -0.15) is 0 Å². The Morgan fingerprint density at radius 1 is 1.33 bits per heavy atom. The summed E-state index contributed by atoms with van der Waals surface area (Å²) in [7, 11) is 1.79. The molecule has 0 unspecified atom stereocenters. The molecule has 1 saturated heterocycles. The zero-order chi connectivity index (χ0) is 12.8. The fourth-order valence-electron chi connectivity index (χ4n) is 2.18. The topological polar surface area (TPSA) is 41.6 Å². The summed E-state index contributed by atoms with van der Waals surface area (Å²) in [5.41, 5.74) is 0. The normalized spacial score (nSPS) is 16.6. The number of hydrogen-bond donors (Lipinski definition) is 1. The first-order valence-electron chi connectivity index (χ1n) is 6.43. The van der Waals surface area contributed by atoms with Gasteiger partial charge in [-0.1, -0.05) is 18.2 Å². The zero-order valence-electron chi connectivity index (χ0n) is 10.8. The molecular formula is C14H20N2O2. The van der Waals surface area contributed by atoms with E-state index in [0.717, 1.165) is 31.7 Å². The van der Waals surface area contributed by atoms with Crippen LogP contribution in [0.3, 0.4) is 0 Å². The van der Waals surface area contributed by atoms with Crippen molar-refractivity contribution in [1.82, 2.24) is 10.2 Å². The average molecular weight is 248 g/mol. The number of likely N-dealkylation sites (tertiary alicyclic amines) is 1. The highest BCUT2D eigenvalue weighted by atomic mass is 16.5. The summed E-state index contributed by atoms with van der Waals surface area (Å²) < 4.78 is 5.89. The lowest BCUT2D eigenvalue weighted by Crippen LogP contribution is -2.44. The number of rotatable bonds is 4. The van der Waals surface area contributed by atoms with Crippen LogP contribution < -0.4 is 10.1 Å². The van der Waals surface area contributed by atoms with Crippen molar-refractivity contribution in [2.45, 2.75) is 18.9 Å². The molecule has 2 rings (SSSR count). The molecule has 1 heterocycles. The number of ether oxygens (including phenoxy) is 1. The van der Waals surface area contributed by atoms with Crippen molar-refractivity contribution in [3.63, 3.8) is 0 Å². The van der Waals surface area contributed by atoms with Crippen LogP contribution in [-0.2, 0) is 4.79 Å². The Kier molecular flexibility index (Phi) is 4.59. The molecule has 1 aliphatic heterocycles. The highest BCUT2D eigenvalue weighted by molar-refractivity contribution is 5.78. The molecule has 0 bridgehead atoms. The fourth-order valence-corrected chi connectivity index (χ4v) is 2.18. The van der Waals surface area contributed by atoms with Crippen molar-refractivity contribution < 1.29 is 9.53 Å². The minimum Gasteiger partial charge on any atom is -0.490 e. The number of benzene rings is 1. The SMILES string of the molecule is CNCC(=O)N1CCC(Oc2ccccc2)CC1. The molecule has 1 aromatic carbocycles. The Hall–Kier alpha value is -1.55. The van der Waals surface area contributed by atoms with E-state index < -0.39 is 0 Å². The van der Waals surface area contributed by atoms with Crippen molar-refractivity contribution >= 4 is 5.91 Å². The Balaban J connectivity index is 1.78. The molecule has 1 fully saturated rings. The van der Waals surface area contributed by atoms with E-state index in [2.05, 4.69) is 5.32 Å². The van der Waals surface area contributed by atoms with Crippen LogP contribution in [0.2, 0.25) is 0 Å². The molecule has 1 aliphatic rings. The molecule has 1 amide bonds. The Morgan fingerprint density at radius 3 is 2.61 bits per heavy atom. The van der Waals surface area contributed by atoms with E-state index in [0.29, 0.717) is 6.54 Å². The molecule has 0 aliphatic carbocycles. The number of nitrogens with one attached hydrogen (secondary N) is 1. The maximum absolute atomic E-state index is 11.7. The molecule has 0 radical (unpaired) electrons. The number of piperidine rings is 1. The van der Waals surface area contributed by atoms with E-state index >= 15 is 0 Å². The van der Waals surface area contributed by atoms with Gasteiger partial charge in [-0.15, -0.1) is 0 Å². The van der Waals surface area contributed by atoms with Gasteiger partial charge in [-0.25, -0.2) is 0 Å². The smallest absolute Gasteiger partial charge is 0.236 e. The van der Waals surface area contributed by atoms with Crippen LogP contribution in [0.4, 0.5) is 0 Å². The summed E-state index contributed by atoms with van der Waals surface area (Å²) in [6.45, 7) is 2.00. The van der Waals surface area contributed by atoms with Crippen molar-refractivity contribution in [3.8, 4) is 5.75 Å². The first-order valence-corrected chi connectivity index (χ1v) is 6.43. The number of carbonyl (C=O) groups is 1. The lowest BCUT2D eigenvalue weighted by molar-refractivity contribution is -0.131. The minimum atomic E-state index is 0.177. The van der Waals surface area contributed by atoms with Gasteiger partial charge in [0.25, 0.3) is 0 Å². The van der Waals surface area contributed by atoms with Crippen LogP contribution in [0, 0.1) is 0 Å². The Labute approximate surface area is 108 Å². The molecule has 0 atom stereocenters. The molecule has 4 nitrogen and oxygen atoms in total. The lowest BCUT2D eigenvalue weighted by Gasteiger charge is -2.32. The van der Waals surface area contributed by atoms with Crippen molar-refractivity contribution in [2.24, 2.45) is 0 Å². The van der Waals surface area contributed by atoms with E-state index in [-0.39, 0.29) is 12.0 Å². The summed E-state index contributed by atoms with van der Waals surface area (Å²) in [4.78, 5) is 13.6. The molecule has 1 N–H and O–H groups in total. The molecule has 1 aromatic rings. The molecule has 98 valence electrons. The van der Waals surface area contributed by atoms with Gasteiger partial charge in [0.1, 0.15) is 11.9 Å². The maximum atomic E-state index is 11.7. The van der Waals surface area contributed by atoms with E-state index in [1.54, 1.807) is 7.05 Å². The van der Waals surface area contributed by atoms with E-state index in [1.165, 1.54) is 0 Å². The van der Waals surface area contributed by atoms with Crippen molar-refractivity contribution in [2.75, 3.05) is 26.7 Å². The van der Waals surface area contributed by atoms with Crippen LogP contribution in [0.5, 0.6) is 5.75 Å². The number of likely N-dealkylation sites (N-methyl/N-ethyl adjacent to an activating group) is 1. The van der Waals surface area contributed by atoms with Crippen LogP contribution in [0.15, 0.2) is 30.3 Å². The van der Waals surface area contributed by atoms with Gasteiger partial charge in [0.15, 0.2) is 0 Å². The van der Waals surface area contributed by atoms with Gasteiger partial charge in [0.2, 0.25) is 5.91 Å². The number of hydrogen-bond acceptors (Lipinski definition) is 3. The summed E-state index contributed by atoms with van der Waals surface area (Å²) >= 11 is 0. The molecule has 0 spiro atoms.